The molecule has 0 saturated carbocycles. The van der Waals surface area contributed by atoms with Crippen LogP contribution in [0, 0.1) is 0 Å². The van der Waals surface area contributed by atoms with Gasteiger partial charge in [-0.15, -0.1) is 0 Å². The molecule has 2 amide bonds. The number of likely N-dealkylation sites (N-methyl/N-ethyl adjacent to an activating group) is 1. The summed E-state index contributed by atoms with van der Waals surface area (Å²) in [5, 5.41) is 2.98. The highest BCUT2D eigenvalue weighted by Crippen LogP contribution is 2.46. The third-order valence-electron chi connectivity index (χ3n) is 5.85. The predicted octanol–water partition coefficient (Wildman–Crippen LogP) is 3.66. The minimum Gasteiger partial charge on any atom is -0.495 e. The zero-order chi connectivity index (χ0) is 23.5. The van der Waals surface area contributed by atoms with Crippen LogP contribution >= 0.6 is 0 Å². The molecule has 1 aromatic heterocycles. The van der Waals surface area contributed by atoms with Crippen LogP contribution in [0.4, 0.5) is 5.69 Å². The van der Waals surface area contributed by atoms with Gasteiger partial charge >= 0.3 is 0 Å². The fraction of sp³-hybridized carbons (Fsp3) is 0.240. The molecule has 3 aromatic rings. The summed E-state index contributed by atoms with van der Waals surface area (Å²) in [4.78, 5) is 32.9. The molecule has 0 radical (unpaired) electrons. The molecule has 170 valence electrons. The third kappa shape index (κ3) is 3.95. The summed E-state index contributed by atoms with van der Waals surface area (Å²) in [7, 11) is 6.25. The van der Waals surface area contributed by atoms with Crippen molar-refractivity contribution in [2.45, 2.75) is 12.0 Å². The zero-order valence-corrected chi connectivity index (χ0v) is 18.9. The summed E-state index contributed by atoms with van der Waals surface area (Å²) in [5.41, 5.74) is 2.22. The first-order valence-electron chi connectivity index (χ1n) is 10.4. The number of nitrogens with zero attached hydrogens (tertiary/aromatic N) is 2. The van der Waals surface area contributed by atoms with Crippen molar-refractivity contribution < 1.29 is 23.8 Å². The molecule has 2 heterocycles. The Morgan fingerprint density at radius 1 is 0.970 bits per heavy atom. The van der Waals surface area contributed by atoms with Gasteiger partial charge in [-0.2, -0.15) is 0 Å². The lowest BCUT2D eigenvalue weighted by molar-refractivity contribution is -0.119. The Morgan fingerprint density at radius 2 is 1.67 bits per heavy atom. The van der Waals surface area contributed by atoms with E-state index in [1.165, 1.54) is 14.2 Å². The monoisotopic (exact) mass is 447 g/mol. The average Bonchev–Trinajstić information content (AvgIpc) is 2.85. The molecule has 0 aliphatic carbocycles. The van der Waals surface area contributed by atoms with Gasteiger partial charge in [0.25, 0.3) is 5.91 Å². The van der Waals surface area contributed by atoms with E-state index < -0.39 is 12.0 Å². The lowest BCUT2D eigenvalue weighted by atomic mass is 9.79. The van der Waals surface area contributed by atoms with Crippen LogP contribution in [0.15, 0.2) is 60.9 Å². The van der Waals surface area contributed by atoms with Crippen molar-refractivity contribution in [1.82, 2.24) is 9.88 Å². The van der Waals surface area contributed by atoms with Crippen LogP contribution in [-0.2, 0) is 4.79 Å². The topological polar surface area (TPSA) is 90.0 Å². The van der Waals surface area contributed by atoms with Gasteiger partial charge in [0.2, 0.25) is 5.91 Å². The lowest BCUT2D eigenvalue weighted by Gasteiger charge is -2.40. The quantitative estimate of drug-likeness (QED) is 0.620. The average molecular weight is 447 g/mol. The Morgan fingerprint density at radius 3 is 2.33 bits per heavy atom. The fourth-order valence-corrected chi connectivity index (χ4v) is 4.26. The summed E-state index contributed by atoms with van der Waals surface area (Å²) in [5.74, 6) is 0.144. The number of aromatic nitrogens is 1. The molecule has 2 atom stereocenters. The Kier molecular flexibility index (Phi) is 6.17. The van der Waals surface area contributed by atoms with Gasteiger partial charge in [-0.05, 0) is 41.5 Å². The van der Waals surface area contributed by atoms with Crippen molar-refractivity contribution in [3.05, 3.63) is 77.6 Å². The number of benzene rings is 2. The Balaban J connectivity index is 1.88. The minimum absolute atomic E-state index is 0.221. The van der Waals surface area contributed by atoms with E-state index in [1.807, 2.05) is 18.2 Å². The molecule has 8 heteroatoms. The predicted molar refractivity (Wildman–Crippen MR) is 123 cm³/mol. The molecule has 1 aliphatic rings. The number of hydrogen-bond donors (Lipinski definition) is 1. The zero-order valence-electron chi connectivity index (χ0n) is 18.9. The van der Waals surface area contributed by atoms with Gasteiger partial charge in [0, 0.05) is 25.0 Å². The number of hydrogen-bond acceptors (Lipinski definition) is 6. The number of rotatable bonds is 6. The smallest absolute Gasteiger partial charge is 0.254 e. The van der Waals surface area contributed by atoms with Gasteiger partial charge in [0.1, 0.15) is 5.75 Å². The van der Waals surface area contributed by atoms with Crippen molar-refractivity contribution in [2.24, 2.45) is 0 Å². The Bertz CT molecular complexity index is 1180. The van der Waals surface area contributed by atoms with Gasteiger partial charge in [-0.3, -0.25) is 14.6 Å². The maximum absolute atomic E-state index is 13.8. The molecular formula is C25H25N3O5. The van der Waals surface area contributed by atoms with Crippen molar-refractivity contribution in [3.8, 4) is 17.2 Å². The van der Waals surface area contributed by atoms with E-state index in [9.17, 15) is 9.59 Å². The summed E-state index contributed by atoms with van der Waals surface area (Å²) >= 11 is 0. The molecule has 33 heavy (non-hydrogen) atoms. The molecule has 1 N–H and O–H groups in total. The first kappa shape index (κ1) is 22.1. The number of para-hydroxylation sites is 2. The van der Waals surface area contributed by atoms with Gasteiger partial charge in [0.15, 0.2) is 11.5 Å². The normalized spacial score (nSPS) is 17.2. The van der Waals surface area contributed by atoms with E-state index in [2.05, 4.69) is 10.3 Å². The number of fused-ring (bicyclic) bond motifs is 1. The van der Waals surface area contributed by atoms with Gasteiger partial charge in [-0.25, -0.2) is 0 Å². The van der Waals surface area contributed by atoms with Crippen LogP contribution in [0.3, 0.4) is 0 Å². The standard InChI is InChI=1S/C25H25N3O5/c1-28-23(15-8-7-11-26-14-15)22(24(29)27-18-9-5-6-10-19(18)31-2)16-12-20(32-3)21(33-4)13-17(16)25(28)30/h5-14,22-23H,1-4H3,(H,27,29)/t22-,23+/m0/s1. The molecule has 0 saturated heterocycles. The molecule has 8 nitrogen and oxygen atoms in total. The molecular weight excluding hydrogens is 422 g/mol. The number of nitrogens with one attached hydrogen (secondary N) is 1. The highest BCUT2D eigenvalue weighted by atomic mass is 16.5. The summed E-state index contributed by atoms with van der Waals surface area (Å²) in [6, 6.07) is 13.6. The van der Waals surface area contributed by atoms with Crippen molar-refractivity contribution in [3.63, 3.8) is 0 Å². The molecule has 0 unspecified atom stereocenters. The number of pyridine rings is 1. The van der Waals surface area contributed by atoms with Gasteiger partial charge < -0.3 is 24.4 Å². The number of carbonyl (C=O) groups excluding carboxylic acids is 2. The number of methoxy groups -OCH3 is 3. The highest BCUT2D eigenvalue weighted by Gasteiger charge is 2.43. The van der Waals surface area contributed by atoms with Crippen LogP contribution in [0.1, 0.15) is 33.4 Å². The van der Waals surface area contributed by atoms with Crippen LogP contribution < -0.4 is 19.5 Å². The van der Waals surface area contributed by atoms with Crippen LogP contribution in [0.2, 0.25) is 0 Å². The second kappa shape index (κ2) is 9.20. The van der Waals surface area contributed by atoms with Crippen LogP contribution in [-0.4, -0.2) is 50.1 Å². The Labute approximate surface area is 192 Å². The Hall–Kier alpha value is -4.07. The molecule has 0 bridgehead atoms. The van der Waals surface area contributed by atoms with E-state index in [0.29, 0.717) is 34.1 Å². The lowest BCUT2D eigenvalue weighted by Crippen LogP contribution is -2.44. The van der Waals surface area contributed by atoms with E-state index in [0.717, 1.165) is 5.56 Å². The molecule has 1 aliphatic heterocycles. The third-order valence-corrected chi connectivity index (χ3v) is 5.85. The van der Waals surface area contributed by atoms with E-state index in [1.54, 1.807) is 61.8 Å². The number of ether oxygens (including phenoxy) is 3. The van der Waals surface area contributed by atoms with E-state index in [-0.39, 0.29) is 11.8 Å². The number of anilines is 1. The summed E-state index contributed by atoms with van der Waals surface area (Å²) < 4.78 is 16.3. The first-order chi connectivity index (χ1) is 16.0. The SMILES string of the molecule is COc1ccccc1NC(=O)[C@H]1c2cc(OC)c(OC)cc2C(=O)N(C)[C@@H]1c1cccnc1. The molecule has 4 rings (SSSR count). The summed E-state index contributed by atoms with van der Waals surface area (Å²) in [6.45, 7) is 0. The second-order valence-corrected chi connectivity index (χ2v) is 7.61. The fourth-order valence-electron chi connectivity index (χ4n) is 4.26. The molecule has 0 fully saturated rings. The highest BCUT2D eigenvalue weighted by molar-refractivity contribution is 6.05. The van der Waals surface area contributed by atoms with Gasteiger partial charge in [-0.1, -0.05) is 18.2 Å². The maximum atomic E-state index is 13.8. The summed E-state index contributed by atoms with van der Waals surface area (Å²) in [6.07, 6.45) is 3.32. The van der Waals surface area contributed by atoms with Crippen LogP contribution in [0.5, 0.6) is 17.2 Å². The maximum Gasteiger partial charge on any atom is 0.254 e. The van der Waals surface area contributed by atoms with Crippen molar-refractivity contribution >= 4 is 17.5 Å². The first-order valence-corrected chi connectivity index (χ1v) is 10.4. The molecule has 2 aromatic carbocycles. The van der Waals surface area contributed by atoms with Crippen molar-refractivity contribution in [2.75, 3.05) is 33.7 Å². The molecule has 0 spiro atoms. The van der Waals surface area contributed by atoms with E-state index in [4.69, 9.17) is 14.2 Å². The number of carbonyl (C=O) groups is 2. The minimum atomic E-state index is -0.739. The van der Waals surface area contributed by atoms with Crippen LogP contribution in [0.25, 0.3) is 0 Å². The van der Waals surface area contributed by atoms with Crippen molar-refractivity contribution in [1.29, 1.82) is 0 Å². The second-order valence-electron chi connectivity index (χ2n) is 7.61. The number of amides is 2. The van der Waals surface area contributed by atoms with Gasteiger partial charge in [0.05, 0.1) is 39.0 Å². The largest absolute Gasteiger partial charge is 0.495 e. The van der Waals surface area contributed by atoms with E-state index >= 15 is 0 Å².